The van der Waals surface area contributed by atoms with E-state index < -0.39 is 5.97 Å². The zero-order chi connectivity index (χ0) is 21.8. The maximum Gasteiger partial charge on any atom is 0.339 e. The number of ether oxygens (including phenoxy) is 1. The van der Waals surface area contributed by atoms with E-state index in [2.05, 4.69) is 10.3 Å². The van der Waals surface area contributed by atoms with E-state index in [0.717, 1.165) is 18.4 Å². The lowest BCUT2D eigenvalue weighted by atomic mass is 9.96. The topological polar surface area (TPSA) is 91.5 Å². The van der Waals surface area contributed by atoms with Crippen molar-refractivity contribution in [3.05, 3.63) is 57.4 Å². The minimum atomic E-state index is -0.474. The van der Waals surface area contributed by atoms with Gasteiger partial charge >= 0.3 is 5.97 Å². The smallest absolute Gasteiger partial charge is 0.339 e. The summed E-state index contributed by atoms with van der Waals surface area (Å²) in [5.74, 6) is -1.03. The molecule has 1 fully saturated rings. The van der Waals surface area contributed by atoms with Crippen molar-refractivity contribution in [2.75, 3.05) is 20.2 Å². The Kier molecular flexibility index (Phi) is 6.82. The van der Waals surface area contributed by atoms with Gasteiger partial charge in [-0.2, -0.15) is 0 Å². The third-order valence-electron chi connectivity index (χ3n) is 5.50. The Hall–Kier alpha value is -2.80. The minimum Gasteiger partial charge on any atom is -0.465 e. The first-order valence-corrected chi connectivity index (χ1v) is 10.3. The first-order valence-electron chi connectivity index (χ1n) is 9.90. The molecule has 0 radical (unpaired) electrons. The number of hydrogen-bond donors (Lipinski definition) is 2. The number of likely N-dealkylation sites (tertiary alicyclic amines) is 1. The highest BCUT2D eigenvalue weighted by atomic mass is 35.5. The van der Waals surface area contributed by atoms with Crippen LogP contribution in [0, 0.1) is 19.8 Å². The van der Waals surface area contributed by atoms with Crippen molar-refractivity contribution in [3.8, 4) is 0 Å². The average molecular weight is 432 g/mol. The number of halogens is 1. The number of esters is 1. The number of aromatic amines is 1. The Morgan fingerprint density at radius 1 is 1.23 bits per heavy atom. The number of nitrogens with zero attached hydrogens (tertiary/aromatic N) is 1. The van der Waals surface area contributed by atoms with Crippen LogP contribution < -0.4 is 5.32 Å². The molecule has 2 aromatic rings. The van der Waals surface area contributed by atoms with E-state index in [9.17, 15) is 14.4 Å². The molecular weight excluding hydrogens is 406 g/mol. The molecule has 1 aromatic carbocycles. The fourth-order valence-corrected chi connectivity index (χ4v) is 3.97. The number of piperidine rings is 1. The summed E-state index contributed by atoms with van der Waals surface area (Å²) < 4.78 is 4.81. The average Bonchev–Trinajstić information content (AvgIpc) is 3.06. The van der Waals surface area contributed by atoms with Crippen molar-refractivity contribution in [2.45, 2.75) is 33.2 Å². The van der Waals surface area contributed by atoms with Gasteiger partial charge in [0.15, 0.2) is 0 Å². The number of carbonyl (C=O) groups is 3. The SMILES string of the molecule is COC(=O)c1c(C)[nH]c(C(=O)N2CCC[C@H](C(=O)NCc3ccc(Cl)cc3)C2)c1C. The summed E-state index contributed by atoms with van der Waals surface area (Å²) in [6, 6.07) is 7.31. The quantitative estimate of drug-likeness (QED) is 0.711. The van der Waals surface area contributed by atoms with Crippen LogP contribution in [0.5, 0.6) is 0 Å². The normalized spacial score (nSPS) is 16.3. The summed E-state index contributed by atoms with van der Waals surface area (Å²) in [6.45, 7) is 4.79. The molecule has 7 nitrogen and oxygen atoms in total. The molecule has 1 aliphatic heterocycles. The van der Waals surface area contributed by atoms with Gasteiger partial charge in [-0.1, -0.05) is 23.7 Å². The monoisotopic (exact) mass is 431 g/mol. The molecule has 2 heterocycles. The van der Waals surface area contributed by atoms with Gasteiger partial charge in [0.05, 0.1) is 18.6 Å². The van der Waals surface area contributed by atoms with Crippen LogP contribution in [-0.2, 0) is 16.1 Å². The lowest BCUT2D eigenvalue weighted by Gasteiger charge is -2.32. The van der Waals surface area contributed by atoms with Crippen molar-refractivity contribution in [3.63, 3.8) is 0 Å². The predicted molar refractivity (Wildman–Crippen MR) is 114 cm³/mol. The van der Waals surface area contributed by atoms with Crippen molar-refractivity contribution in [1.29, 1.82) is 0 Å². The van der Waals surface area contributed by atoms with E-state index in [-0.39, 0.29) is 17.7 Å². The summed E-state index contributed by atoms with van der Waals surface area (Å²) in [5.41, 5.74) is 2.88. The van der Waals surface area contributed by atoms with Crippen LogP contribution in [0.3, 0.4) is 0 Å². The molecular formula is C22H26ClN3O4. The second-order valence-electron chi connectivity index (χ2n) is 7.55. The number of benzene rings is 1. The van der Waals surface area contributed by atoms with Gasteiger partial charge < -0.3 is 19.9 Å². The molecule has 0 aliphatic carbocycles. The third kappa shape index (κ3) is 4.67. The van der Waals surface area contributed by atoms with E-state index in [1.54, 1.807) is 30.9 Å². The zero-order valence-electron chi connectivity index (χ0n) is 17.4. The number of aryl methyl sites for hydroxylation is 1. The summed E-state index contributed by atoms with van der Waals surface area (Å²) >= 11 is 5.89. The summed E-state index contributed by atoms with van der Waals surface area (Å²) in [4.78, 5) is 42.4. The number of carbonyl (C=O) groups excluding carboxylic acids is 3. The zero-order valence-corrected chi connectivity index (χ0v) is 18.1. The summed E-state index contributed by atoms with van der Waals surface area (Å²) in [5, 5.41) is 3.60. The van der Waals surface area contributed by atoms with Crippen molar-refractivity contribution in [2.24, 2.45) is 5.92 Å². The highest BCUT2D eigenvalue weighted by molar-refractivity contribution is 6.30. The molecule has 0 spiro atoms. The lowest BCUT2D eigenvalue weighted by Crippen LogP contribution is -2.45. The second-order valence-corrected chi connectivity index (χ2v) is 7.99. The van der Waals surface area contributed by atoms with Gasteiger partial charge in [0, 0.05) is 30.4 Å². The van der Waals surface area contributed by atoms with Gasteiger partial charge in [-0.3, -0.25) is 9.59 Å². The maximum absolute atomic E-state index is 13.1. The van der Waals surface area contributed by atoms with Crippen LogP contribution in [0.25, 0.3) is 0 Å². The molecule has 1 saturated heterocycles. The number of hydrogen-bond acceptors (Lipinski definition) is 4. The van der Waals surface area contributed by atoms with E-state index in [1.807, 2.05) is 12.1 Å². The molecule has 3 rings (SSSR count). The molecule has 30 heavy (non-hydrogen) atoms. The predicted octanol–water partition coefficient (Wildman–Crippen LogP) is 3.24. The lowest BCUT2D eigenvalue weighted by molar-refractivity contribution is -0.126. The fraction of sp³-hybridized carbons (Fsp3) is 0.409. The number of amides is 2. The first-order chi connectivity index (χ1) is 14.3. The molecule has 0 unspecified atom stereocenters. The third-order valence-corrected chi connectivity index (χ3v) is 5.75. The maximum atomic E-state index is 13.1. The van der Waals surface area contributed by atoms with Gasteiger partial charge in [0.25, 0.3) is 5.91 Å². The molecule has 0 saturated carbocycles. The van der Waals surface area contributed by atoms with Crippen LogP contribution in [0.1, 0.15) is 50.5 Å². The Balaban J connectivity index is 1.65. The van der Waals surface area contributed by atoms with Gasteiger partial charge in [0.1, 0.15) is 5.69 Å². The second kappa shape index (κ2) is 9.34. The number of aromatic nitrogens is 1. The Labute approximate surface area is 180 Å². The Bertz CT molecular complexity index is 952. The molecule has 8 heteroatoms. The van der Waals surface area contributed by atoms with Crippen LogP contribution in [-0.4, -0.2) is 47.9 Å². The fourth-order valence-electron chi connectivity index (χ4n) is 3.84. The van der Waals surface area contributed by atoms with Crippen molar-refractivity contribution < 1.29 is 19.1 Å². The van der Waals surface area contributed by atoms with Crippen LogP contribution in [0.15, 0.2) is 24.3 Å². The van der Waals surface area contributed by atoms with E-state index >= 15 is 0 Å². The van der Waals surface area contributed by atoms with Crippen LogP contribution >= 0.6 is 11.6 Å². The van der Waals surface area contributed by atoms with Crippen molar-refractivity contribution in [1.82, 2.24) is 15.2 Å². The van der Waals surface area contributed by atoms with Crippen LogP contribution in [0.4, 0.5) is 0 Å². The standard InChI is InChI=1S/C22H26ClN3O4/c1-13-18(22(29)30-3)14(2)25-19(13)21(28)26-10-4-5-16(12-26)20(27)24-11-15-6-8-17(23)9-7-15/h6-9,16,25H,4-5,10-12H2,1-3H3,(H,24,27)/t16-/m0/s1. The van der Waals surface area contributed by atoms with E-state index in [0.29, 0.717) is 47.2 Å². The summed E-state index contributed by atoms with van der Waals surface area (Å²) in [6.07, 6.45) is 1.47. The van der Waals surface area contributed by atoms with Gasteiger partial charge in [-0.25, -0.2) is 4.79 Å². The molecule has 2 amide bonds. The number of H-pyrrole nitrogens is 1. The number of methoxy groups -OCH3 is 1. The highest BCUT2D eigenvalue weighted by Crippen LogP contribution is 2.23. The minimum absolute atomic E-state index is 0.0721. The van der Waals surface area contributed by atoms with Crippen LogP contribution in [0.2, 0.25) is 5.02 Å². The van der Waals surface area contributed by atoms with Gasteiger partial charge in [-0.05, 0) is 49.9 Å². The molecule has 160 valence electrons. The van der Waals surface area contributed by atoms with Gasteiger partial charge in [0.2, 0.25) is 5.91 Å². The Morgan fingerprint density at radius 3 is 2.60 bits per heavy atom. The highest BCUT2D eigenvalue weighted by Gasteiger charge is 2.31. The van der Waals surface area contributed by atoms with Crippen molar-refractivity contribution >= 4 is 29.4 Å². The molecule has 0 bridgehead atoms. The van der Waals surface area contributed by atoms with Gasteiger partial charge in [-0.15, -0.1) is 0 Å². The molecule has 1 aliphatic rings. The Morgan fingerprint density at radius 2 is 1.93 bits per heavy atom. The molecule has 1 aromatic heterocycles. The largest absolute Gasteiger partial charge is 0.465 e. The molecule has 1 atom stereocenters. The van der Waals surface area contributed by atoms with E-state index in [1.165, 1.54) is 7.11 Å². The molecule has 2 N–H and O–H groups in total. The van der Waals surface area contributed by atoms with E-state index in [4.69, 9.17) is 16.3 Å². The number of rotatable bonds is 5. The number of nitrogens with one attached hydrogen (secondary N) is 2. The summed E-state index contributed by atoms with van der Waals surface area (Å²) in [7, 11) is 1.31. The first kappa shape index (κ1) is 21.9.